The Balaban J connectivity index is 1.42. The largest absolute Gasteiger partial charge is 0.208 e. The van der Waals surface area contributed by atoms with Gasteiger partial charge in [-0.2, -0.15) is 0 Å². The molecular formula is C39H25N3S. The van der Waals surface area contributed by atoms with Gasteiger partial charge in [-0.05, 0) is 34.4 Å². The fraction of sp³-hybridized carbons (Fsp3) is 0. The summed E-state index contributed by atoms with van der Waals surface area (Å²) in [5.74, 6) is 1.99. The molecule has 0 saturated carbocycles. The van der Waals surface area contributed by atoms with Crippen molar-refractivity contribution in [3.63, 3.8) is 0 Å². The van der Waals surface area contributed by atoms with Crippen LogP contribution >= 0.6 is 11.3 Å². The van der Waals surface area contributed by atoms with Gasteiger partial charge in [-0.3, -0.25) is 0 Å². The SMILES string of the molecule is c1ccc(-c2ccc(-c3ccc4sc5ccccc5c4c3-c3nc(-c4ccccc4)nc(-c4ccccc4)n3)cc2)cc1. The Hall–Kier alpha value is -5.45. The zero-order valence-electron chi connectivity index (χ0n) is 23.2. The molecule has 6 aromatic carbocycles. The van der Waals surface area contributed by atoms with E-state index in [-0.39, 0.29) is 0 Å². The lowest BCUT2D eigenvalue weighted by molar-refractivity contribution is 1.08. The minimum absolute atomic E-state index is 0.659. The van der Waals surface area contributed by atoms with Crippen molar-refractivity contribution in [3.05, 3.63) is 152 Å². The number of benzene rings is 6. The quantitative estimate of drug-likeness (QED) is 0.208. The minimum Gasteiger partial charge on any atom is -0.208 e. The Morgan fingerprint density at radius 3 is 1.47 bits per heavy atom. The highest BCUT2D eigenvalue weighted by molar-refractivity contribution is 7.26. The normalized spacial score (nSPS) is 11.3. The fourth-order valence-corrected chi connectivity index (χ4v) is 6.80. The summed E-state index contributed by atoms with van der Waals surface area (Å²) >= 11 is 1.80. The number of aromatic nitrogens is 3. The molecule has 0 aliphatic carbocycles. The number of nitrogens with zero attached hydrogens (tertiary/aromatic N) is 3. The zero-order valence-corrected chi connectivity index (χ0v) is 24.0. The topological polar surface area (TPSA) is 38.7 Å². The second-order valence-electron chi connectivity index (χ2n) is 10.4. The fourth-order valence-electron chi connectivity index (χ4n) is 5.68. The van der Waals surface area contributed by atoms with Crippen molar-refractivity contribution in [1.82, 2.24) is 15.0 Å². The summed E-state index contributed by atoms with van der Waals surface area (Å²) < 4.78 is 2.46. The molecule has 202 valence electrons. The van der Waals surface area contributed by atoms with Gasteiger partial charge in [0, 0.05) is 36.9 Å². The van der Waals surface area contributed by atoms with Gasteiger partial charge in [0.15, 0.2) is 17.5 Å². The highest BCUT2D eigenvalue weighted by Crippen LogP contribution is 2.44. The Morgan fingerprint density at radius 2 is 0.837 bits per heavy atom. The highest BCUT2D eigenvalue weighted by atomic mass is 32.1. The zero-order chi connectivity index (χ0) is 28.6. The number of rotatable bonds is 5. The number of hydrogen-bond donors (Lipinski definition) is 0. The second kappa shape index (κ2) is 10.8. The lowest BCUT2D eigenvalue weighted by Crippen LogP contribution is -2.01. The van der Waals surface area contributed by atoms with Crippen LogP contribution in [0.3, 0.4) is 0 Å². The van der Waals surface area contributed by atoms with Gasteiger partial charge < -0.3 is 0 Å². The van der Waals surface area contributed by atoms with E-state index in [9.17, 15) is 0 Å². The third kappa shape index (κ3) is 4.68. The molecule has 43 heavy (non-hydrogen) atoms. The van der Waals surface area contributed by atoms with Crippen LogP contribution in [-0.2, 0) is 0 Å². The van der Waals surface area contributed by atoms with Gasteiger partial charge in [-0.15, -0.1) is 11.3 Å². The number of thiophene rings is 1. The molecule has 3 nitrogen and oxygen atoms in total. The van der Waals surface area contributed by atoms with Crippen molar-refractivity contribution in [2.45, 2.75) is 0 Å². The van der Waals surface area contributed by atoms with Crippen molar-refractivity contribution < 1.29 is 0 Å². The molecule has 0 spiro atoms. The van der Waals surface area contributed by atoms with Gasteiger partial charge >= 0.3 is 0 Å². The van der Waals surface area contributed by atoms with Gasteiger partial charge in [0.25, 0.3) is 0 Å². The third-order valence-electron chi connectivity index (χ3n) is 7.77. The van der Waals surface area contributed by atoms with E-state index in [1.54, 1.807) is 11.3 Å². The first kappa shape index (κ1) is 25.3. The predicted molar refractivity (Wildman–Crippen MR) is 180 cm³/mol. The summed E-state index contributed by atoms with van der Waals surface area (Å²) in [6, 6.07) is 52.7. The van der Waals surface area contributed by atoms with Crippen molar-refractivity contribution in [2.75, 3.05) is 0 Å². The smallest absolute Gasteiger partial charge is 0.165 e. The molecular weight excluding hydrogens is 543 g/mol. The molecule has 0 bridgehead atoms. The van der Waals surface area contributed by atoms with Crippen LogP contribution in [0.15, 0.2) is 152 Å². The van der Waals surface area contributed by atoms with Crippen LogP contribution in [0.25, 0.3) is 76.6 Å². The maximum absolute atomic E-state index is 5.17. The van der Waals surface area contributed by atoms with E-state index in [1.165, 1.54) is 31.3 Å². The van der Waals surface area contributed by atoms with Gasteiger partial charge in [0.2, 0.25) is 0 Å². The van der Waals surface area contributed by atoms with E-state index in [0.29, 0.717) is 17.5 Å². The van der Waals surface area contributed by atoms with E-state index in [4.69, 9.17) is 15.0 Å². The van der Waals surface area contributed by atoms with Crippen molar-refractivity contribution >= 4 is 31.5 Å². The Kier molecular flexibility index (Phi) is 6.32. The predicted octanol–water partition coefficient (Wildman–Crippen LogP) is 10.6. The van der Waals surface area contributed by atoms with Crippen LogP contribution in [0.4, 0.5) is 0 Å². The van der Waals surface area contributed by atoms with E-state index >= 15 is 0 Å². The molecule has 0 radical (unpaired) electrons. The van der Waals surface area contributed by atoms with Crippen LogP contribution in [0.1, 0.15) is 0 Å². The van der Waals surface area contributed by atoms with E-state index in [0.717, 1.165) is 27.8 Å². The molecule has 4 heteroatoms. The Labute approximate surface area is 253 Å². The van der Waals surface area contributed by atoms with Crippen LogP contribution < -0.4 is 0 Å². The summed E-state index contributed by atoms with van der Waals surface area (Å²) in [7, 11) is 0. The van der Waals surface area contributed by atoms with Gasteiger partial charge in [-0.1, -0.05) is 140 Å². The standard InChI is InChI=1S/C39H25N3S/c1-4-12-26(13-5-1)27-20-22-28(23-21-27)31-24-25-34-35(32-18-10-11-19-33(32)43-34)36(31)39-41-37(29-14-6-2-7-15-29)40-38(42-39)30-16-8-3-9-17-30/h1-25H. The highest BCUT2D eigenvalue weighted by Gasteiger charge is 2.21. The molecule has 0 N–H and O–H groups in total. The van der Waals surface area contributed by atoms with Crippen LogP contribution in [0, 0.1) is 0 Å². The second-order valence-corrected chi connectivity index (χ2v) is 11.5. The molecule has 0 fully saturated rings. The van der Waals surface area contributed by atoms with E-state index in [2.05, 4.69) is 109 Å². The lowest BCUT2D eigenvalue weighted by atomic mass is 9.93. The maximum atomic E-state index is 5.17. The molecule has 0 aliphatic heterocycles. The van der Waals surface area contributed by atoms with Crippen molar-refractivity contribution in [1.29, 1.82) is 0 Å². The minimum atomic E-state index is 0.659. The van der Waals surface area contributed by atoms with Crippen molar-refractivity contribution in [3.8, 4) is 56.4 Å². The van der Waals surface area contributed by atoms with Crippen LogP contribution in [0.2, 0.25) is 0 Å². The summed E-state index contributed by atoms with van der Waals surface area (Å²) in [6.45, 7) is 0. The molecule has 0 saturated heterocycles. The molecule has 0 amide bonds. The first-order chi connectivity index (χ1) is 21.3. The average Bonchev–Trinajstić information content (AvgIpc) is 3.48. The summed E-state index contributed by atoms with van der Waals surface area (Å²) in [4.78, 5) is 15.3. The first-order valence-electron chi connectivity index (χ1n) is 14.3. The molecule has 0 unspecified atom stereocenters. The first-order valence-corrected chi connectivity index (χ1v) is 15.1. The summed E-state index contributed by atoms with van der Waals surface area (Å²) in [5, 5.41) is 2.39. The third-order valence-corrected chi connectivity index (χ3v) is 8.91. The average molecular weight is 568 g/mol. The van der Waals surface area contributed by atoms with Gasteiger partial charge in [0.05, 0.1) is 0 Å². The molecule has 2 heterocycles. The summed E-state index contributed by atoms with van der Waals surface area (Å²) in [6.07, 6.45) is 0. The molecule has 8 rings (SSSR count). The Bertz CT molecular complexity index is 2150. The Morgan fingerprint density at radius 1 is 0.349 bits per heavy atom. The number of fused-ring (bicyclic) bond motifs is 3. The monoisotopic (exact) mass is 567 g/mol. The van der Waals surface area contributed by atoms with E-state index < -0.39 is 0 Å². The molecule has 0 aliphatic rings. The van der Waals surface area contributed by atoms with E-state index in [1.807, 2.05) is 42.5 Å². The van der Waals surface area contributed by atoms with Crippen molar-refractivity contribution in [2.24, 2.45) is 0 Å². The van der Waals surface area contributed by atoms with Gasteiger partial charge in [-0.25, -0.2) is 15.0 Å². The molecule has 0 atom stereocenters. The maximum Gasteiger partial charge on any atom is 0.165 e. The molecule has 2 aromatic heterocycles. The lowest BCUT2D eigenvalue weighted by Gasteiger charge is -2.14. The van der Waals surface area contributed by atoms with Crippen LogP contribution in [-0.4, -0.2) is 15.0 Å². The van der Waals surface area contributed by atoms with Gasteiger partial charge in [0.1, 0.15) is 0 Å². The van der Waals surface area contributed by atoms with Crippen LogP contribution in [0.5, 0.6) is 0 Å². The number of hydrogen-bond acceptors (Lipinski definition) is 4. The summed E-state index contributed by atoms with van der Waals surface area (Å²) in [5.41, 5.74) is 7.55. The molecule has 8 aromatic rings.